The summed E-state index contributed by atoms with van der Waals surface area (Å²) in [6.07, 6.45) is 5.65. The lowest BCUT2D eigenvalue weighted by atomic mass is 10.2. The quantitative estimate of drug-likeness (QED) is 0.365. The monoisotopic (exact) mass is 214 g/mol. The number of carbonyl (C=O) groups excluding carboxylic acids is 1. The zero-order valence-corrected chi connectivity index (χ0v) is 9.30. The Morgan fingerprint density at radius 3 is 2.67 bits per heavy atom. The van der Waals surface area contributed by atoms with E-state index in [-0.39, 0.29) is 12.5 Å². The Balaban J connectivity index is 3.13. The van der Waals surface area contributed by atoms with Crippen molar-refractivity contribution >= 4 is 5.91 Å². The van der Waals surface area contributed by atoms with Gasteiger partial charge in [0.1, 0.15) is 0 Å². The van der Waals surface area contributed by atoms with Gasteiger partial charge < -0.3 is 15.7 Å². The average Bonchev–Trinajstić information content (AvgIpc) is 2.23. The van der Waals surface area contributed by atoms with Crippen molar-refractivity contribution in [3.8, 4) is 0 Å². The van der Waals surface area contributed by atoms with Gasteiger partial charge in [0.2, 0.25) is 5.91 Å². The third-order valence-corrected chi connectivity index (χ3v) is 1.98. The number of aliphatic hydroxyl groups is 1. The Kier molecular flexibility index (Phi) is 10.6. The van der Waals surface area contributed by atoms with Crippen LogP contribution in [0.4, 0.5) is 0 Å². The van der Waals surface area contributed by atoms with Crippen LogP contribution in [-0.2, 0) is 4.79 Å². The van der Waals surface area contributed by atoms with Gasteiger partial charge in [-0.05, 0) is 12.8 Å². The van der Waals surface area contributed by atoms with Crippen molar-refractivity contribution in [2.24, 2.45) is 0 Å². The predicted molar refractivity (Wildman–Crippen MR) is 61.6 cm³/mol. The van der Waals surface area contributed by atoms with E-state index in [9.17, 15) is 4.79 Å². The third kappa shape index (κ3) is 11.1. The van der Waals surface area contributed by atoms with E-state index < -0.39 is 0 Å². The number of aliphatic hydroxyl groups excluding tert-OH is 1. The van der Waals surface area contributed by atoms with Gasteiger partial charge in [0.25, 0.3) is 0 Å². The largest absolute Gasteiger partial charge is 0.396 e. The molecule has 0 atom stereocenters. The number of nitrogens with one attached hydrogen (secondary N) is 2. The average molecular weight is 214 g/mol. The zero-order valence-electron chi connectivity index (χ0n) is 9.30. The van der Waals surface area contributed by atoms with Crippen molar-refractivity contribution < 1.29 is 9.90 Å². The molecule has 0 rings (SSSR count). The van der Waals surface area contributed by atoms with Crippen LogP contribution in [0, 0.1) is 0 Å². The smallest absolute Gasteiger partial charge is 0.233 e. The highest BCUT2D eigenvalue weighted by Crippen LogP contribution is 1.97. The third-order valence-electron chi connectivity index (χ3n) is 1.98. The lowest BCUT2D eigenvalue weighted by Crippen LogP contribution is -2.34. The molecule has 0 aliphatic rings. The summed E-state index contributed by atoms with van der Waals surface area (Å²) < 4.78 is 0. The molecule has 0 fully saturated rings. The molecule has 0 aromatic heterocycles. The van der Waals surface area contributed by atoms with Crippen molar-refractivity contribution in [1.29, 1.82) is 0 Å². The second kappa shape index (κ2) is 11.2. The van der Waals surface area contributed by atoms with Gasteiger partial charge in [-0.1, -0.05) is 18.9 Å². The summed E-state index contributed by atoms with van der Waals surface area (Å²) in [5.74, 6) is 0.0269. The number of carbonyl (C=O) groups is 1. The molecule has 0 aromatic carbocycles. The fraction of sp³-hybridized carbons (Fsp3) is 0.727. The normalized spacial score (nSPS) is 9.93. The molecule has 0 radical (unpaired) electrons. The molecule has 88 valence electrons. The van der Waals surface area contributed by atoms with Crippen LogP contribution >= 0.6 is 0 Å². The number of rotatable bonds is 10. The van der Waals surface area contributed by atoms with E-state index in [2.05, 4.69) is 17.2 Å². The number of hydrogen-bond donors (Lipinski definition) is 3. The zero-order chi connectivity index (χ0) is 11.4. The van der Waals surface area contributed by atoms with E-state index in [1.807, 2.05) is 0 Å². The fourth-order valence-corrected chi connectivity index (χ4v) is 1.17. The van der Waals surface area contributed by atoms with Gasteiger partial charge in [0, 0.05) is 19.7 Å². The molecule has 4 heteroatoms. The highest BCUT2D eigenvalue weighted by atomic mass is 16.2. The van der Waals surface area contributed by atoms with Crippen LogP contribution in [0.15, 0.2) is 12.7 Å². The van der Waals surface area contributed by atoms with Crippen molar-refractivity contribution in [2.75, 3.05) is 26.2 Å². The molecular formula is C11H22N2O2. The van der Waals surface area contributed by atoms with E-state index in [1.54, 1.807) is 6.08 Å². The Hall–Kier alpha value is -0.870. The van der Waals surface area contributed by atoms with E-state index >= 15 is 0 Å². The van der Waals surface area contributed by atoms with Crippen molar-refractivity contribution in [2.45, 2.75) is 25.7 Å². The highest BCUT2D eigenvalue weighted by Gasteiger charge is 1.97. The maximum Gasteiger partial charge on any atom is 0.233 e. The van der Waals surface area contributed by atoms with Crippen LogP contribution < -0.4 is 10.6 Å². The summed E-state index contributed by atoms with van der Waals surface area (Å²) in [6, 6.07) is 0. The molecule has 0 aromatic rings. The Morgan fingerprint density at radius 1 is 1.27 bits per heavy atom. The van der Waals surface area contributed by atoms with Crippen LogP contribution in [0.25, 0.3) is 0 Å². The van der Waals surface area contributed by atoms with Crippen LogP contribution in [0.1, 0.15) is 25.7 Å². The molecule has 4 nitrogen and oxygen atoms in total. The van der Waals surface area contributed by atoms with E-state index in [1.165, 1.54) is 0 Å². The maximum atomic E-state index is 11.2. The minimum absolute atomic E-state index is 0.0269. The summed E-state index contributed by atoms with van der Waals surface area (Å²) >= 11 is 0. The van der Waals surface area contributed by atoms with Crippen LogP contribution in [0.5, 0.6) is 0 Å². The van der Waals surface area contributed by atoms with E-state index in [0.717, 1.165) is 32.2 Å². The van der Waals surface area contributed by atoms with Gasteiger partial charge in [0.15, 0.2) is 0 Å². The lowest BCUT2D eigenvalue weighted by molar-refractivity contribution is -0.120. The molecule has 0 unspecified atom stereocenters. The molecule has 15 heavy (non-hydrogen) atoms. The van der Waals surface area contributed by atoms with Gasteiger partial charge in [-0.2, -0.15) is 0 Å². The van der Waals surface area contributed by atoms with Crippen LogP contribution in [0.3, 0.4) is 0 Å². The summed E-state index contributed by atoms with van der Waals surface area (Å²) in [7, 11) is 0. The summed E-state index contributed by atoms with van der Waals surface area (Å²) in [5.41, 5.74) is 0. The Morgan fingerprint density at radius 2 is 2.00 bits per heavy atom. The Labute approximate surface area is 91.8 Å². The topological polar surface area (TPSA) is 61.4 Å². The van der Waals surface area contributed by atoms with Gasteiger partial charge in [-0.3, -0.25) is 4.79 Å². The fourth-order valence-electron chi connectivity index (χ4n) is 1.17. The van der Waals surface area contributed by atoms with Gasteiger partial charge in [0.05, 0.1) is 6.54 Å². The molecule has 3 N–H and O–H groups in total. The van der Waals surface area contributed by atoms with E-state index in [0.29, 0.717) is 13.1 Å². The van der Waals surface area contributed by atoms with Crippen molar-refractivity contribution in [3.05, 3.63) is 12.7 Å². The van der Waals surface area contributed by atoms with Crippen molar-refractivity contribution in [3.63, 3.8) is 0 Å². The lowest BCUT2D eigenvalue weighted by Gasteiger charge is -2.05. The first-order valence-corrected chi connectivity index (χ1v) is 5.50. The van der Waals surface area contributed by atoms with Crippen molar-refractivity contribution in [1.82, 2.24) is 10.6 Å². The van der Waals surface area contributed by atoms with Gasteiger partial charge in [-0.25, -0.2) is 0 Å². The SMILES string of the molecule is C=CCNCC(=O)NCCCCCCO. The molecule has 0 saturated heterocycles. The van der Waals surface area contributed by atoms with Gasteiger partial charge >= 0.3 is 0 Å². The van der Waals surface area contributed by atoms with Crippen LogP contribution in [0.2, 0.25) is 0 Å². The molecule has 1 amide bonds. The van der Waals surface area contributed by atoms with Crippen LogP contribution in [-0.4, -0.2) is 37.3 Å². The minimum atomic E-state index is 0.0269. The molecule has 0 heterocycles. The second-order valence-electron chi connectivity index (χ2n) is 3.41. The number of amides is 1. The predicted octanol–water partition coefficient (Wildman–Crippen LogP) is 0.431. The first-order valence-electron chi connectivity index (χ1n) is 5.50. The number of unbranched alkanes of at least 4 members (excludes halogenated alkanes) is 3. The summed E-state index contributed by atoms with van der Waals surface area (Å²) in [6.45, 7) is 5.54. The summed E-state index contributed by atoms with van der Waals surface area (Å²) in [4.78, 5) is 11.2. The number of hydrogen-bond acceptors (Lipinski definition) is 3. The molecule has 0 aliphatic carbocycles. The second-order valence-corrected chi connectivity index (χ2v) is 3.41. The maximum absolute atomic E-state index is 11.2. The molecule has 0 aliphatic heterocycles. The first kappa shape index (κ1) is 14.1. The van der Waals surface area contributed by atoms with Gasteiger partial charge in [-0.15, -0.1) is 6.58 Å². The van der Waals surface area contributed by atoms with E-state index in [4.69, 9.17) is 5.11 Å². The minimum Gasteiger partial charge on any atom is -0.396 e. The standard InChI is InChI=1S/C11H22N2O2/c1-2-7-12-10-11(15)13-8-5-3-4-6-9-14/h2,12,14H,1,3-10H2,(H,13,15). The molecule has 0 spiro atoms. The first-order chi connectivity index (χ1) is 7.31. The summed E-state index contributed by atoms with van der Waals surface area (Å²) in [5, 5.41) is 14.3. The highest BCUT2D eigenvalue weighted by molar-refractivity contribution is 5.77. The molecular weight excluding hydrogens is 192 g/mol. The molecule has 0 saturated carbocycles. The molecule has 0 bridgehead atoms. The Bertz CT molecular complexity index is 172.